The molecule has 2 unspecified atom stereocenters. The van der Waals surface area contributed by atoms with Crippen LogP contribution in [-0.2, 0) is 6.18 Å². The maximum Gasteiger partial charge on any atom is 0.416 e. The van der Waals surface area contributed by atoms with Crippen molar-refractivity contribution in [2.45, 2.75) is 38.6 Å². The molecule has 0 spiro atoms. The van der Waals surface area contributed by atoms with Gasteiger partial charge in [0.05, 0.1) is 17.7 Å². The lowest BCUT2D eigenvalue weighted by Gasteiger charge is -2.30. The van der Waals surface area contributed by atoms with Crippen LogP contribution in [0.5, 0.6) is 0 Å². The highest BCUT2D eigenvalue weighted by atomic mass is 19.4. The highest BCUT2D eigenvalue weighted by molar-refractivity contribution is 5.75. The molecule has 1 heterocycles. The first-order valence-corrected chi connectivity index (χ1v) is 7.68. The predicted molar refractivity (Wildman–Crippen MR) is 79.8 cm³/mol. The van der Waals surface area contributed by atoms with Crippen LogP contribution in [0.3, 0.4) is 0 Å². The first-order valence-electron chi connectivity index (χ1n) is 7.68. The van der Waals surface area contributed by atoms with Gasteiger partial charge in [0.15, 0.2) is 0 Å². The average molecular weight is 330 g/mol. The molecule has 1 N–H and O–H groups in total. The molecule has 1 aliphatic rings. The Balaban J connectivity index is 2.24. The Kier molecular flexibility index (Phi) is 5.19. The van der Waals surface area contributed by atoms with Crippen LogP contribution in [0.15, 0.2) is 24.3 Å². The number of nitrogens with zero attached hydrogens (tertiary/aromatic N) is 2. The van der Waals surface area contributed by atoms with E-state index in [1.807, 2.05) is 13.8 Å². The molecule has 4 nitrogen and oxygen atoms in total. The fraction of sp³-hybridized carbons (Fsp3) is 0.562. The molecule has 0 saturated carbocycles. The summed E-state index contributed by atoms with van der Waals surface area (Å²) in [4.78, 5) is 15.7. The molecular weight excluding hydrogens is 309 g/mol. The van der Waals surface area contributed by atoms with Gasteiger partial charge in [0.25, 0.3) is 0 Å². The molecule has 2 rings (SSSR count). The second-order valence-electron chi connectivity index (χ2n) is 5.63. The lowest BCUT2D eigenvalue weighted by molar-refractivity contribution is -0.137. The van der Waals surface area contributed by atoms with Crippen LogP contribution < -0.4 is 0 Å². The van der Waals surface area contributed by atoms with Crippen molar-refractivity contribution in [2.75, 3.05) is 19.6 Å². The molecule has 0 aromatic heterocycles. The normalized spacial score (nSPS) is 21.6. The third-order valence-electron chi connectivity index (χ3n) is 4.18. The van der Waals surface area contributed by atoms with Gasteiger partial charge in [0, 0.05) is 19.6 Å². The number of carbonyl (C=O) groups excluding carboxylic acids is 1. The van der Waals surface area contributed by atoms with Gasteiger partial charge in [-0.1, -0.05) is 12.1 Å². The zero-order chi connectivity index (χ0) is 17.2. The van der Waals surface area contributed by atoms with Crippen LogP contribution in [0.25, 0.3) is 0 Å². The number of likely N-dealkylation sites (tertiary alicyclic amines) is 1. The van der Waals surface area contributed by atoms with Gasteiger partial charge in [0.1, 0.15) is 0 Å². The van der Waals surface area contributed by atoms with Gasteiger partial charge in [-0.05, 0) is 38.0 Å². The fourth-order valence-corrected chi connectivity index (χ4v) is 2.91. The van der Waals surface area contributed by atoms with Crippen molar-refractivity contribution in [3.63, 3.8) is 0 Å². The second-order valence-corrected chi connectivity index (χ2v) is 5.63. The molecule has 1 aliphatic heterocycles. The van der Waals surface area contributed by atoms with Gasteiger partial charge in [-0.25, -0.2) is 4.79 Å². The molecule has 0 radical (unpaired) electrons. The zero-order valence-electron chi connectivity index (χ0n) is 13.2. The highest BCUT2D eigenvalue weighted by Crippen LogP contribution is 2.35. The van der Waals surface area contributed by atoms with E-state index in [-0.39, 0.29) is 12.6 Å². The minimum atomic E-state index is -4.38. The molecule has 1 aromatic rings. The van der Waals surface area contributed by atoms with E-state index in [1.165, 1.54) is 12.1 Å². The number of benzene rings is 1. The van der Waals surface area contributed by atoms with Crippen LogP contribution in [0.1, 0.15) is 37.4 Å². The van der Waals surface area contributed by atoms with Gasteiger partial charge < -0.3 is 14.9 Å². The minimum absolute atomic E-state index is 0.195. The number of amides is 2. The van der Waals surface area contributed by atoms with Crippen molar-refractivity contribution >= 4 is 6.03 Å². The fourth-order valence-electron chi connectivity index (χ4n) is 2.91. The average Bonchev–Trinajstić information content (AvgIpc) is 2.89. The van der Waals surface area contributed by atoms with Crippen LogP contribution >= 0.6 is 0 Å². The minimum Gasteiger partial charge on any atom is -0.391 e. The van der Waals surface area contributed by atoms with E-state index in [1.54, 1.807) is 9.80 Å². The summed E-state index contributed by atoms with van der Waals surface area (Å²) in [5, 5.41) is 9.90. The van der Waals surface area contributed by atoms with Gasteiger partial charge in [-0.15, -0.1) is 0 Å². The van der Waals surface area contributed by atoms with Crippen molar-refractivity contribution in [1.29, 1.82) is 0 Å². The van der Waals surface area contributed by atoms with Crippen LogP contribution in [0.4, 0.5) is 18.0 Å². The molecule has 2 atom stereocenters. The van der Waals surface area contributed by atoms with Crippen molar-refractivity contribution in [2.24, 2.45) is 0 Å². The lowest BCUT2D eigenvalue weighted by Crippen LogP contribution is -2.43. The van der Waals surface area contributed by atoms with Crippen LogP contribution in [-0.4, -0.2) is 46.7 Å². The molecule has 0 bridgehead atoms. The smallest absolute Gasteiger partial charge is 0.391 e. The Morgan fingerprint density at radius 1 is 1.26 bits per heavy atom. The summed E-state index contributed by atoms with van der Waals surface area (Å²) in [5.41, 5.74) is -0.114. The number of carbonyl (C=O) groups is 1. The number of hydrogen-bond donors (Lipinski definition) is 1. The number of halogens is 3. The maximum atomic E-state index is 12.7. The summed E-state index contributed by atoms with van der Waals surface area (Å²) in [7, 11) is 0. The summed E-state index contributed by atoms with van der Waals surface area (Å²) in [6.07, 6.45) is -4.72. The van der Waals surface area contributed by atoms with Crippen molar-refractivity contribution in [3.8, 4) is 0 Å². The maximum absolute atomic E-state index is 12.7. The van der Waals surface area contributed by atoms with Crippen molar-refractivity contribution in [1.82, 2.24) is 9.80 Å². The third kappa shape index (κ3) is 3.77. The molecule has 0 aliphatic carbocycles. The molecular formula is C16H21F3N2O2. The summed E-state index contributed by atoms with van der Waals surface area (Å²) >= 11 is 0. The number of aliphatic hydroxyl groups excluding tert-OH is 1. The predicted octanol–water partition coefficient (Wildman–Crippen LogP) is 3.27. The Hall–Kier alpha value is -1.76. The Bertz CT molecular complexity index is 541. The Labute approximate surface area is 133 Å². The Morgan fingerprint density at radius 2 is 1.83 bits per heavy atom. The van der Waals surface area contributed by atoms with E-state index in [4.69, 9.17) is 0 Å². The van der Waals surface area contributed by atoms with Gasteiger partial charge in [-0.3, -0.25) is 0 Å². The topological polar surface area (TPSA) is 43.8 Å². The summed E-state index contributed by atoms with van der Waals surface area (Å²) in [6, 6.07) is 4.19. The number of aliphatic hydroxyl groups is 1. The monoisotopic (exact) mass is 330 g/mol. The van der Waals surface area contributed by atoms with E-state index < -0.39 is 23.9 Å². The van der Waals surface area contributed by atoms with Crippen molar-refractivity contribution in [3.05, 3.63) is 35.4 Å². The third-order valence-corrected chi connectivity index (χ3v) is 4.18. The Morgan fingerprint density at radius 3 is 2.30 bits per heavy atom. The number of rotatable bonds is 3. The zero-order valence-corrected chi connectivity index (χ0v) is 13.2. The molecule has 7 heteroatoms. The van der Waals surface area contributed by atoms with E-state index in [0.717, 1.165) is 12.1 Å². The quantitative estimate of drug-likeness (QED) is 0.924. The SMILES string of the molecule is CCN(CC)C(=O)N1CC(O)CC1c1ccc(C(F)(F)F)cc1. The molecule has 1 fully saturated rings. The van der Waals surface area contributed by atoms with E-state index >= 15 is 0 Å². The van der Waals surface area contributed by atoms with Crippen LogP contribution in [0, 0.1) is 0 Å². The summed E-state index contributed by atoms with van der Waals surface area (Å²) in [5.74, 6) is 0. The number of hydrogen-bond acceptors (Lipinski definition) is 2. The van der Waals surface area contributed by atoms with E-state index in [0.29, 0.717) is 25.1 Å². The molecule has 23 heavy (non-hydrogen) atoms. The first-order chi connectivity index (χ1) is 10.8. The van der Waals surface area contributed by atoms with Crippen LogP contribution in [0.2, 0.25) is 0 Å². The summed E-state index contributed by atoms with van der Waals surface area (Å²) in [6.45, 7) is 5.01. The van der Waals surface area contributed by atoms with Crippen molar-refractivity contribution < 1.29 is 23.1 Å². The largest absolute Gasteiger partial charge is 0.416 e. The second kappa shape index (κ2) is 6.78. The molecule has 2 amide bonds. The highest BCUT2D eigenvalue weighted by Gasteiger charge is 2.37. The van der Waals surface area contributed by atoms with E-state index in [9.17, 15) is 23.1 Å². The standard InChI is InChI=1S/C16H21F3N2O2/c1-3-20(4-2)15(23)21-10-13(22)9-14(21)11-5-7-12(8-6-11)16(17,18)19/h5-8,13-14,22H,3-4,9-10H2,1-2H3. The van der Waals surface area contributed by atoms with E-state index in [2.05, 4.69) is 0 Å². The van der Waals surface area contributed by atoms with Gasteiger partial charge in [0.2, 0.25) is 0 Å². The number of urea groups is 1. The lowest BCUT2D eigenvalue weighted by atomic mass is 10.0. The molecule has 1 saturated heterocycles. The van der Waals surface area contributed by atoms with Gasteiger partial charge >= 0.3 is 12.2 Å². The molecule has 128 valence electrons. The number of alkyl halides is 3. The molecule has 1 aromatic carbocycles. The van der Waals surface area contributed by atoms with Gasteiger partial charge in [-0.2, -0.15) is 13.2 Å². The summed E-state index contributed by atoms with van der Waals surface area (Å²) < 4.78 is 38.0. The number of β-amino-alcohol motifs (C(OH)–C–C–N with tert-alkyl or cyclic N) is 1. The first kappa shape index (κ1) is 17.6.